The zero-order chi connectivity index (χ0) is 13.9. The fourth-order valence-corrected chi connectivity index (χ4v) is 3.83. The lowest BCUT2D eigenvalue weighted by Gasteiger charge is -2.17. The van der Waals surface area contributed by atoms with Crippen molar-refractivity contribution in [3.63, 3.8) is 0 Å². The third-order valence-electron chi connectivity index (χ3n) is 4.15. The summed E-state index contributed by atoms with van der Waals surface area (Å²) < 4.78 is 5.20. The van der Waals surface area contributed by atoms with Crippen LogP contribution in [0.25, 0.3) is 0 Å². The number of amides is 1. The standard InChI is InChI=1S/C15H20N2O2S.ClH/c1-19-13-3-2-4-14(5-13)20-10-15(18)17-8-11-6-16-7-12(11)9-17;/h2-5,11-12,16H,6-10H2,1H3;1H/t11-,12+;. The summed E-state index contributed by atoms with van der Waals surface area (Å²) in [4.78, 5) is 15.4. The molecule has 2 aliphatic rings. The van der Waals surface area contributed by atoms with Gasteiger partial charge in [0.25, 0.3) is 0 Å². The molecule has 0 spiro atoms. The summed E-state index contributed by atoms with van der Waals surface area (Å²) in [6.07, 6.45) is 0. The molecular formula is C15H21ClN2O2S. The molecule has 1 N–H and O–H groups in total. The summed E-state index contributed by atoms with van der Waals surface area (Å²) in [5.41, 5.74) is 0. The third kappa shape index (κ3) is 3.84. The minimum Gasteiger partial charge on any atom is -0.497 e. The zero-order valence-corrected chi connectivity index (χ0v) is 13.7. The van der Waals surface area contributed by atoms with Gasteiger partial charge in [-0.25, -0.2) is 0 Å². The number of benzene rings is 1. The topological polar surface area (TPSA) is 41.6 Å². The van der Waals surface area contributed by atoms with Gasteiger partial charge in [-0.3, -0.25) is 4.79 Å². The van der Waals surface area contributed by atoms with Gasteiger partial charge in [0.2, 0.25) is 5.91 Å². The third-order valence-corrected chi connectivity index (χ3v) is 5.12. The Labute approximate surface area is 136 Å². The van der Waals surface area contributed by atoms with E-state index < -0.39 is 0 Å². The van der Waals surface area contributed by atoms with E-state index in [1.54, 1.807) is 18.9 Å². The van der Waals surface area contributed by atoms with Crippen molar-refractivity contribution in [1.82, 2.24) is 10.2 Å². The van der Waals surface area contributed by atoms with Crippen molar-refractivity contribution in [2.45, 2.75) is 4.90 Å². The summed E-state index contributed by atoms with van der Waals surface area (Å²) in [6.45, 7) is 3.99. The van der Waals surface area contributed by atoms with E-state index in [1.165, 1.54) is 0 Å². The highest BCUT2D eigenvalue weighted by Crippen LogP contribution is 2.28. The van der Waals surface area contributed by atoms with Crippen LogP contribution >= 0.6 is 24.2 Å². The molecule has 3 rings (SSSR count). The number of thioether (sulfide) groups is 1. The number of hydrogen-bond donors (Lipinski definition) is 1. The monoisotopic (exact) mass is 328 g/mol. The Balaban J connectivity index is 0.00000161. The first kappa shape index (κ1) is 16.5. The van der Waals surface area contributed by atoms with Crippen LogP contribution in [0.4, 0.5) is 0 Å². The molecule has 0 unspecified atom stereocenters. The smallest absolute Gasteiger partial charge is 0.232 e. The first-order chi connectivity index (χ1) is 9.76. The number of halogens is 1. The lowest BCUT2D eigenvalue weighted by Crippen LogP contribution is -2.33. The number of methoxy groups -OCH3 is 1. The maximum absolute atomic E-state index is 12.3. The highest BCUT2D eigenvalue weighted by molar-refractivity contribution is 8.00. The molecule has 2 heterocycles. The van der Waals surface area contributed by atoms with Crippen molar-refractivity contribution in [2.24, 2.45) is 11.8 Å². The number of carbonyl (C=O) groups is 1. The summed E-state index contributed by atoms with van der Waals surface area (Å²) in [7, 11) is 1.66. The number of nitrogens with one attached hydrogen (secondary N) is 1. The average molecular weight is 329 g/mol. The van der Waals surface area contributed by atoms with Crippen molar-refractivity contribution < 1.29 is 9.53 Å². The Morgan fingerprint density at radius 2 is 2.10 bits per heavy atom. The van der Waals surface area contributed by atoms with Gasteiger partial charge in [-0.2, -0.15) is 0 Å². The van der Waals surface area contributed by atoms with Crippen LogP contribution in [-0.2, 0) is 4.79 Å². The molecule has 2 atom stereocenters. The minimum absolute atomic E-state index is 0. The average Bonchev–Trinajstić information content (AvgIpc) is 3.06. The van der Waals surface area contributed by atoms with Gasteiger partial charge in [-0.05, 0) is 30.0 Å². The fraction of sp³-hybridized carbons (Fsp3) is 0.533. The SMILES string of the molecule is COc1cccc(SCC(=O)N2C[C@H]3CNC[C@H]3C2)c1.Cl. The Kier molecular flexibility index (Phi) is 5.79. The van der Waals surface area contributed by atoms with E-state index in [2.05, 4.69) is 5.32 Å². The van der Waals surface area contributed by atoms with E-state index in [0.717, 1.165) is 36.8 Å². The summed E-state index contributed by atoms with van der Waals surface area (Å²) in [5, 5.41) is 3.40. The van der Waals surface area contributed by atoms with E-state index in [1.807, 2.05) is 29.2 Å². The first-order valence-electron chi connectivity index (χ1n) is 7.01. The molecule has 0 aromatic heterocycles. The van der Waals surface area contributed by atoms with Gasteiger partial charge >= 0.3 is 0 Å². The van der Waals surface area contributed by atoms with Crippen LogP contribution in [0.1, 0.15) is 0 Å². The second-order valence-electron chi connectivity index (χ2n) is 5.44. The molecule has 1 amide bonds. The maximum atomic E-state index is 12.3. The highest BCUT2D eigenvalue weighted by atomic mass is 35.5. The molecule has 6 heteroatoms. The first-order valence-corrected chi connectivity index (χ1v) is 8.00. The van der Waals surface area contributed by atoms with Crippen molar-refractivity contribution in [2.75, 3.05) is 39.0 Å². The van der Waals surface area contributed by atoms with Gasteiger partial charge in [0.1, 0.15) is 5.75 Å². The van der Waals surface area contributed by atoms with Crippen LogP contribution in [0, 0.1) is 11.8 Å². The molecule has 1 aromatic carbocycles. The highest BCUT2D eigenvalue weighted by Gasteiger charge is 2.37. The van der Waals surface area contributed by atoms with Crippen molar-refractivity contribution in [3.8, 4) is 5.75 Å². The molecule has 2 saturated heterocycles. The van der Waals surface area contributed by atoms with Crippen LogP contribution in [0.15, 0.2) is 29.2 Å². The molecule has 0 radical (unpaired) electrons. The van der Waals surface area contributed by atoms with Crippen LogP contribution in [0.2, 0.25) is 0 Å². The number of hydrogen-bond acceptors (Lipinski definition) is 4. The predicted octanol–water partition coefficient (Wildman–Crippen LogP) is 1.89. The number of carbonyl (C=O) groups excluding carboxylic acids is 1. The molecule has 2 fully saturated rings. The second kappa shape index (κ2) is 7.38. The van der Waals surface area contributed by atoms with Crippen LogP contribution in [-0.4, -0.2) is 49.8 Å². The van der Waals surface area contributed by atoms with E-state index in [-0.39, 0.29) is 18.3 Å². The summed E-state index contributed by atoms with van der Waals surface area (Å²) in [6, 6.07) is 7.86. The summed E-state index contributed by atoms with van der Waals surface area (Å²) in [5.74, 6) is 2.94. The number of likely N-dealkylation sites (tertiary alicyclic amines) is 1. The Morgan fingerprint density at radius 1 is 1.38 bits per heavy atom. The van der Waals surface area contributed by atoms with Gasteiger partial charge in [0, 0.05) is 31.1 Å². The molecule has 1 aromatic rings. The van der Waals surface area contributed by atoms with Gasteiger partial charge < -0.3 is 15.0 Å². The molecule has 0 aliphatic carbocycles. The number of ether oxygens (including phenoxy) is 1. The maximum Gasteiger partial charge on any atom is 0.232 e. The fourth-order valence-electron chi connectivity index (χ4n) is 2.99. The second-order valence-corrected chi connectivity index (χ2v) is 6.49. The van der Waals surface area contributed by atoms with Gasteiger partial charge in [0.05, 0.1) is 12.9 Å². The van der Waals surface area contributed by atoms with Gasteiger partial charge in [-0.1, -0.05) is 6.07 Å². The van der Waals surface area contributed by atoms with Crippen molar-refractivity contribution in [3.05, 3.63) is 24.3 Å². The molecule has 2 aliphatic heterocycles. The van der Waals surface area contributed by atoms with E-state index in [0.29, 0.717) is 17.6 Å². The number of rotatable bonds is 4. The Bertz CT molecular complexity index is 488. The zero-order valence-electron chi connectivity index (χ0n) is 12.1. The van der Waals surface area contributed by atoms with E-state index in [9.17, 15) is 4.79 Å². The molecule has 21 heavy (non-hydrogen) atoms. The lowest BCUT2D eigenvalue weighted by atomic mass is 10.0. The van der Waals surface area contributed by atoms with Crippen LogP contribution in [0.5, 0.6) is 5.75 Å². The molecule has 116 valence electrons. The lowest BCUT2D eigenvalue weighted by molar-refractivity contribution is -0.127. The Hall–Kier alpha value is -0.910. The normalized spacial score (nSPS) is 23.6. The molecule has 0 saturated carbocycles. The van der Waals surface area contributed by atoms with Crippen LogP contribution in [0.3, 0.4) is 0 Å². The van der Waals surface area contributed by atoms with Crippen molar-refractivity contribution in [1.29, 1.82) is 0 Å². The summed E-state index contributed by atoms with van der Waals surface area (Å²) >= 11 is 1.59. The van der Waals surface area contributed by atoms with E-state index in [4.69, 9.17) is 4.74 Å². The number of nitrogens with zero attached hydrogens (tertiary/aromatic N) is 1. The molecule has 0 bridgehead atoms. The predicted molar refractivity (Wildman–Crippen MR) is 87.4 cm³/mol. The molecule has 4 nitrogen and oxygen atoms in total. The van der Waals surface area contributed by atoms with Crippen molar-refractivity contribution >= 4 is 30.1 Å². The van der Waals surface area contributed by atoms with Gasteiger partial charge in [-0.15, -0.1) is 24.2 Å². The van der Waals surface area contributed by atoms with Gasteiger partial charge in [0.15, 0.2) is 0 Å². The minimum atomic E-state index is 0. The quantitative estimate of drug-likeness (QED) is 0.857. The molecular weight excluding hydrogens is 308 g/mol. The van der Waals surface area contributed by atoms with E-state index >= 15 is 0 Å². The Morgan fingerprint density at radius 3 is 2.76 bits per heavy atom. The number of fused-ring (bicyclic) bond motifs is 1. The van der Waals surface area contributed by atoms with Crippen LogP contribution < -0.4 is 10.1 Å². The largest absolute Gasteiger partial charge is 0.497 e.